The molecule has 0 aliphatic rings. The van der Waals surface area contributed by atoms with Gasteiger partial charge in [0.1, 0.15) is 0 Å². The van der Waals surface area contributed by atoms with Crippen molar-refractivity contribution in [1.29, 1.82) is 0 Å². The van der Waals surface area contributed by atoms with E-state index in [0.717, 1.165) is 22.6 Å². The van der Waals surface area contributed by atoms with Crippen molar-refractivity contribution in [2.24, 2.45) is 5.73 Å². The molecule has 1 aromatic carbocycles. The van der Waals surface area contributed by atoms with Crippen LogP contribution in [-0.4, -0.2) is 12.0 Å². The Labute approximate surface area is 108 Å². The van der Waals surface area contributed by atoms with Gasteiger partial charge in [-0.2, -0.15) is 0 Å². The van der Waals surface area contributed by atoms with Crippen LogP contribution < -0.4 is 10.6 Å². The molecule has 0 fully saturated rings. The summed E-state index contributed by atoms with van der Waals surface area (Å²) in [5, 5.41) is 0. The van der Waals surface area contributed by atoms with Crippen LogP contribution in [0.4, 0.5) is 11.4 Å². The molecule has 94 valence electrons. The van der Waals surface area contributed by atoms with Crippen LogP contribution in [-0.2, 0) is 6.54 Å². The lowest BCUT2D eigenvalue weighted by Gasteiger charge is -2.22. The van der Waals surface area contributed by atoms with Crippen molar-refractivity contribution in [3.8, 4) is 0 Å². The Morgan fingerprint density at radius 2 is 1.83 bits per heavy atom. The number of nitrogens with zero attached hydrogens (tertiary/aromatic N) is 2. The molecule has 0 bridgehead atoms. The Balaban J connectivity index is 2.41. The zero-order valence-corrected chi connectivity index (χ0v) is 11.1. The van der Waals surface area contributed by atoms with Crippen molar-refractivity contribution in [3.63, 3.8) is 0 Å². The van der Waals surface area contributed by atoms with Gasteiger partial charge in [0.25, 0.3) is 0 Å². The second-order valence-corrected chi connectivity index (χ2v) is 4.55. The Hall–Kier alpha value is -1.87. The minimum absolute atomic E-state index is 0.499. The van der Waals surface area contributed by atoms with E-state index in [1.54, 1.807) is 0 Å². The lowest BCUT2D eigenvalue weighted by atomic mass is 10.1. The van der Waals surface area contributed by atoms with E-state index in [-0.39, 0.29) is 0 Å². The van der Waals surface area contributed by atoms with Crippen LogP contribution >= 0.6 is 0 Å². The van der Waals surface area contributed by atoms with E-state index in [1.807, 2.05) is 13.1 Å². The van der Waals surface area contributed by atoms with Gasteiger partial charge in [0.2, 0.25) is 0 Å². The molecule has 3 heteroatoms. The zero-order chi connectivity index (χ0) is 13.1. The van der Waals surface area contributed by atoms with Crippen LogP contribution in [0.25, 0.3) is 0 Å². The molecule has 0 saturated heterocycles. The number of hydrogen-bond donors (Lipinski definition) is 1. The van der Waals surface area contributed by atoms with Gasteiger partial charge in [-0.05, 0) is 32.0 Å². The largest absolute Gasteiger partial charge is 0.344 e. The van der Waals surface area contributed by atoms with Gasteiger partial charge in [-0.3, -0.25) is 4.98 Å². The minimum atomic E-state index is 0.499. The lowest BCUT2D eigenvalue weighted by molar-refractivity contribution is 1.01. The quantitative estimate of drug-likeness (QED) is 0.898. The molecule has 0 unspecified atom stereocenters. The molecular weight excluding hydrogens is 222 g/mol. The molecule has 1 heterocycles. The van der Waals surface area contributed by atoms with Crippen LogP contribution in [0.2, 0.25) is 0 Å². The second kappa shape index (κ2) is 5.19. The van der Waals surface area contributed by atoms with E-state index in [2.05, 4.69) is 54.2 Å². The number of benzene rings is 1. The molecule has 0 aliphatic carbocycles. The van der Waals surface area contributed by atoms with Crippen LogP contribution in [0.5, 0.6) is 0 Å². The molecule has 0 radical (unpaired) electrons. The number of aryl methyl sites for hydroxylation is 2. The fourth-order valence-corrected chi connectivity index (χ4v) is 1.95. The molecule has 2 rings (SSSR count). The van der Waals surface area contributed by atoms with Crippen molar-refractivity contribution in [3.05, 3.63) is 53.3 Å². The summed E-state index contributed by atoms with van der Waals surface area (Å²) in [6, 6.07) is 10.5. The predicted molar refractivity (Wildman–Crippen MR) is 76.1 cm³/mol. The normalized spacial score (nSPS) is 10.4. The van der Waals surface area contributed by atoms with Crippen molar-refractivity contribution in [2.75, 3.05) is 11.9 Å². The summed E-state index contributed by atoms with van der Waals surface area (Å²) >= 11 is 0. The number of pyridine rings is 1. The van der Waals surface area contributed by atoms with E-state index in [0.29, 0.717) is 6.54 Å². The summed E-state index contributed by atoms with van der Waals surface area (Å²) in [5.74, 6) is 0. The van der Waals surface area contributed by atoms with Gasteiger partial charge >= 0.3 is 0 Å². The van der Waals surface area contributed by atoms with Gasteiger partial charge < -0.3 is 10.6 Å². The number of hydrogen-bond acceptors (Lipinski definition) is 3. The first-order valence-electron chi connectivity index (χ1n) is 6.08. The minimum Gasteiger partial charge on any atom is -0.344 e. The molecule has 0 aliphatic heterocycles. The first-order chi connectivity index (χ1) is 8.61. The molecule has 18 heavy (non-hydrogen) atoms. The van der Waals surface area contributed by atoms with Crippen molar-refractivity contribution < 1.29 is 0 Å². The monoisotopic (exact) mass is 241 g/mol. The summed E-state index contributed by atoms with van der Waals surface area (Å²) in [4.78, 5) is 6.44. The van der Waals surface area contributed by atoms with E-state index in [1.165, 1.54) is 5.56 Å². The maximum absolute atomic E-state index is 5.77. The highest BCUT2D eigenvalue weighted by atomic mass is 15.1. The summed E-state index contributed by atoms with van der Waals surface area (Å²) in [6.07, 6.45) is 1.86. The predicted octanol–water partition coefficient (Wildman–Crippen LogP) is 2.93. The molecular formula is C15H19N3. The highest BCUT2D eigenvalue weighted by Gasteiger charge is 2.09. The first kappa shape index (κ1) is 12.6. The third-order valence-corrected chi connectivity index (χ3v) is 3.10. The Kier molecular flexibility index (Phi) is 3.63. The zero-order valence-electron chi connectivity index (χ0n) is 11.1. The topological polar surface area (TPSA) is 42.2 Å². The summed E-state index contributed by atoms with van der Waals surface area (Å²) in [5.41, 5.74) is 11.4. The van der Waals surface area contributed by atoms with E-state index >= 15 is 0 Å². The molecule has 3 nitrogen and oxygen atoms in total. The van der Waals surface area contributed by atoms with Crippen LogP contribution in [0.1, 0.15) is 16.8 Å². The average Bonchev–Trinajstić information content (AvgIpc) is 2.39. The van der Waals surface area contributed by atoms with E-state index in [9.17, 15) is 0 Å². The fourth-order valence-electron chi connectivity index (χ4n) is 1.95. The van der Waals surface area contributed by atoms with Gasteiger partial charge in [0.05, 0.1) is 0 Å². The summed E-state index contributed by atoms with van der Waals surface area (Å²) in [7, 11) is 2.05. The molecule has 2 aromatic rings. The van der Waals surface area contributed by atoms with Gasteiger partial charge in [-0.15, -0.1) is 0 Å². The SMILES string of the molecule is Cc1ccc(N(C)c2cc(C)ncc2CN)cc1. The molecule has 1 aromatic heterocycles. The van der Waals surface area contributed by atoms with Gasteiger partial charge in [-0.25, -0.2) is 0 Å². The van der Waals surface area contributed by atoms with E-state index < -0.39 is 0 Å². The van der Waals surface area contributed by atoms with Gasteiger partial charge in [0.15, 0.2) is 0 Å². The molecule has 0 spiro atoms. The maximum atomic E-state index is 5.77. The van der Waals surface area contributed by atoms with Crippen LogP contribution in [0, 0.1) is 13.8 Å². The lowest BCUT2D eigenvalue weighted by Crippen LogP contribution is -2.14. The maximum Gasteiger partial charge on any atom is 0.0487 e. The smallest absolute Gasteiger partial charge is 0.0487 e. The van der Waals surface area contributed by atoms with Crippen molar-refractivity contribution in [2.45, 2.75) is 20.4 Å². The fraction of sp³-hybridized carbons (Fsp3) is 0.267. The first-order valence-corrected chi connectivity index (χ1v) is 6.08. The summed E-state index contributed by atoms with van der Waals surface area (Å²) in [6.45, 7) is 4.58. The van der Waals surface area contributed by atoms with Crippen LogP contribution in [0.15, 0.2) is 36.5 Å². The third kappa shape index (κ3) is 2.51. The Morgan fingerprint density at radius 1 is 1.17 bits per heavy atom. The molecule has 2 N–H and O–H groups in total. The Bertz CT molecular complexity index is 532. The number of nitrogens with two attached hydrogens (primary N) is 1. The second-order valence-electron chi connectivity index (χ2n) is 4.55. The Morgan fingerprint density at radius 3 is 2.44 bits per heavy atom. The molecule has 0 atom stereocenters. The number of rotatable bonds is 3. The molecule has 0 saturated carbocycles. The van der Waals surface area contributed by atoms with Crippen LogP contribution in [0.3, 0.4) is 0 Å². The van der Waals surface area contributed by atoms with Gasteiger partial charge in [0, 0.05) is 42.4 Å². The number of aromatic nitrogens is 1. The highest BCUT2D eigenvalue weighted by molar-refractivity contribution is 5.65. The van der Waals surface area contributed by atoms with Crippen molar-refractivity contribution >= 4 is 11.4 Å². The van der Waals surface area contributed by atoms with E-state index in [4.69, 9.17) is 5.73 Å². The van der Waals surface area contributed by atoms with Gasteiger partial charge in [-0.1, -0.05) is 17.7 Å². The summed E-state index contributed by atoms with van der Waals surface area (Å²) < 4.78 is 0. The number of anilines is 2. The average molecular weight is 241 g/mol. The third-order valence-electron chi connectivity index (χ3n) is 3.10. The van der Waals surface area contributed by atoms with Crippen molar-refractivity contribution in [1.82, 2.24) is 4.98 Å². The molecule has 0 amide bonds. The standard InChI is InChI=1S/C15H19N3/c1-11-4-6-14(7-5-11)18(3)15-8-12(2)17-10-13(15)9-16/h4-8,10H,9,16H2,1-3H3. The highest BCUT2D eigenvalue weighted by Crippen LogP contribution is 2.27.